The zero-order chi connectivity index (χ0) is 6.69. The molecule has 3 nitrogen and oxygen atoms in total. The summed E-state index contributed by atoms with van der Waals surface area (Å²) >= 11 is 0. The first-order valence-electron chi connectivity index (χ1n) is 2.83. The molecule has 1 rings (SSSR count). The molecule has 4 heteroatoms. The Bertz CT molecular complexity index is 187. The van der Waals surface area contributed by atoms with Gasteiger partial charge in [0.05, 0.1) is 7.05 Å². The summed E-state index contributed by atoms with van der Waals surface area (Å²) in [5.41, 5.74) is 0. The number of rotatable bonds is 2. The minimum atomic E-state index is -0.484. The molecule has 0 amide bonds. The SMILES string of the molecule is CO[SiH2][n+]1ccn(C)c1. The van der Waals surface area contributed by atoms with Gasteiger partial charge in [-0.15, -0.1) is 0 Å². The van der Waals surface area contributed by atoms with E-state index < -0.39 is 9.92 Å². The van der Waals surface area contributed by atoms with Gasteiger partial charge in [0.2, 0.25) is 6.33 Å². The van der Waals surface area contributed by atoms with Crippen molar-refractivity contribution in [2.24, 2.45) is 7.05 Å². The van der Waals surface area contributed by atoms with Crippen molar-refractivity contribution in [2.75, 3.05) is 7.11 Å². The predicted molar refractivity (Wildman–Crippen MR) is 36.6 cm³/mol. The van der Waals surface area contributed by atoms with Gasteiger partial charge < -0.3 is 4.43 Å². The van der Waals surface area contributed by atoms with Gasteiger partial charge in [0.25, 0.3) is 0 Å². The van der Waals surface area contributed by atoms with Gasteiger partial charge in [0, 0.05) is 7.11 Å². The Kier molecular flexibility index (Phi) is 2.02. The number of imidazole rings is 1. The molecule has 9 heavy (non-hydrogen) atoms. The monoisotopic (exact) mass is 143 g/mol. The summed E-state index contributed by atoms with van der Waals surface area (Å²) in [7, 11) is 3.26. The van der Waals surface area contributed by atoms with Gasteiger partial charge in [-0.1, -0.05) is 0 Å². The Morgan fingerprint density at radius 3 is 2.89 bits per heavy atom. The molecule has 0 spiro atoms. The van der Waals surface area contributed by atoms with Crippen molar-refractivity contribution in [1.29, 1.82) is 0 Å². The Labute approximate surface area is 56.9 Å². The third kappa shape index (κ3) is 1.65. The summed E-state index contributed by atoms with van der Waals surface area (Å²) in [6, 6.07) is 0. The third-order valence-corrected chi connectivity index (χ3v) is 2.03. The lowest BCUT2D eigenvalue weighted by molar-refractivity contribution is -0.540. The van der Waals surface area contributed by atoms with Crippen molar-refractivity contribution in [3.05, 3.63) is 18.7 Å². The molecular weight excluding hydrogens is 132 g/mol. The van der Waals surface area contributed by atoms with Crippen LogP contribution in [0.15, 0.2) is 18.7 Å². The van der Waals surface area contributed by atoms with Crippen LogP contribution in [0.5, 0.6) is 0 Å². The summed E-state index contributed by atoms with van der Waals surface area (Å²) < 4.78 is 9.13. The second-order valence-corrected chi connectivity index (χ2v) is 3.58. The smallest absolute Gasteiger partial charge is 0.381 e. The molecule has 0 N–H and O–H groups in total. The van der Waals surface area contributed by atoms with Gasteiger partial charge in [-0.2, -0.15) is 0 Å². The summed E-state index contributed by atoms with van der Waals surface area (Å²) in [4.78, 5) is 0. The molecule has 0 bridgehead atoms. The lowest BCUT2D eigenvalue weighted by Crippen LogP contribution is -2.38. The average Bonchev–Trinajstić information content (AvgIpc) is 2.17. The minimum Gasteiger partial charge on any atom is -0.390 e. The lowest BCUT2D eigenvalue weighted by atomic mass is 10.9. The molecule has 0 fully saturated rings. The third-order valence-electron chi connectivity index (χ3n) is 1.10. The minimum absolute atomic E-state index is 0.484. The molecule has 0 aliphatic carbocycles. The van der Waals surface area contributed by atoms with Crippen molar-refractivity contribution in [3.8, 4) is 0 Å². The summed E-state index contributed by atoms with van der Waals surface area (Å²) in [5.74, 6) is 0. The van der Waals surface area contributed by atoms with Crippen LogP contribution in [0.2, 0.25) is 0 Å². The van der Waals surface area contributed by atoms with Crippen LogP contribution >= 0.6 is 0 Å². The first-order valence-corrected chi connectivity index (χ1v) is 4.04. The van der Waals surface area contributed by atoms with E-state index in [1.807, 2.05) is 30.3 Å². The van der Waals surface area contributed by atoms with Crippen LogP contribution in [0.1, 0.15) is 0 Å². The predicted octanol–water partition coefficient (Wildman–Crippen LogP) is -1.19. The van der Waals surface area contributed by atoms with Gasteiger partial charge in [-0.3, -0.25) is 4.23 Å². The lowest BCUT2D eigenvalue weighted by Gasteiger charge is -1.87. The zero-order valence-electron chi connectivity index (χ0n) is 5.74. The maximum absolute atomic E-state index is 5.03. The standard InChI is InChI=1S/C5H11N2OSi/c1-6-3-4-7(5-6)9-8-2/h3-5H,9H2,1-2H3/q+1. The van der Waals surface area contributed by atoms with Gasteiger partial charge in [-0.25, -0.2) is 4.57 Å². The van der Waals surface area contributed by atoms with Crippen LogP contribution in [0.4, 0.5) is 0 Å². The topological polar surface area (TPSA) is 18.0 Å². The molecule has 0 radical (unpaired) electrons. The van der Waals surface area contributed by atoms with E-state index in [9.17, 15) is 0 Å². The fourth-order valence-corrected chi connectivity index (χ4v) is 1.53. The molecule has 0 aromatic carbocycles. The van der Waals surface area contributed by atoms with Crippen LogP contribution in [0.25, 0.3) is 0 Å². The summed E-state index contributed by atoms with van der Waals surface area (Å²) in [6.07, 6.45) is 6.05. The van der Waals surface area contributed by atoms with Crippen molar-refractivity contribution >= 4 is 9.92 Å². The maximum atomic E-state index is 5.03. The molecule has 0 aliphatic rings. The quantitative estimate of drug-likeness (QED) is 0.476. The molecule has 0 saturated carbocycles. The molecule has 0 unspecified atom stereocenters. The van der Waals surface area contributed by atoms with Gasteiger partial charge in [-0.05, 0) is 0 Å². The molecule has 0 atom stereocenters. The Hall–Kier alpha value is -0.613. The van der Waals surface area contributed by atoms with E-state index in [2.05, 4.69) is 4.23 Å². The van der Waals surface area contributed by atoms with E-state index in [-0.39, 0.29) is 0 Å². The van der Waals surface area contributed by atoms with Crippen molar-refractivity contribution in [1.82, 2.24) is 4.57 Å². The molecule has 0 saturated heterocycles. The molecular formula is C5H11N2OSi+. The van der Waals surface area contributed by atoms with Crippen LogP contribution < -0.4 is 4.23 Å². The van der Waals surface area contributed by atoms with Crippen LogP contribution in [0.3, 0.4) is 0 Å². The fourth-order valence-electron chi connectivity index (χ4n) is 0.727. The van der Waals surface area contributed by atoms with Gasteiger partial charge >= 0.3 is 9.92 Å². The van der Waals surface area contributed by atoms with Crippen molar-refractivity contribution in [3.63, 3.8) is 0 Å². The molecule has 50 valence electrons. The molecule has 1 aromatic heterocycles. The van der Waals surface area contributed by atoms with Crippen molar-refractivity contribution in [2.45, 2.75) is 0 Å². The van der Waals surface area contributed by atoms with Crippen molar-refractivity contribution < 1.29 is 8.66 Å². The molecule has 0 aliphatic heterocycles. The second-order valence-electron chi connectivity index (χ2n) is 2.01. The van der Waals surface area contributed by atoms with Crippen LogP contribution in [-0.2, 0) is 11.5 Å². The largest absolute Gasteiger partial charge is 0.390 e. The zero-order valence-corrected chi connectivity index (χ0v) is 7.16. The van der Waals surface area contributed by atoms with Gasteiger partial charge in [0.15, 0.2) is 0 Å². The highest BCUT2D eigenvalue weighted by atomic mass is 28.2. The van der Waals surface area contributed by atoms with E-state index in [0.717, 1.165) is 0 Å². The number of aromatic nitrogens is 2. The number of hydrogen-bond donors (Lipinski definition) is 0. The summed E-state index contributed by atoms with van der Waals surface area (Å²) in [6.45, 7) is 0. The number of hydrogen-bond acceptors (Lipinski definition) is 1. The highest BCUT2D eigenvalue weighted by Gasteiger charge is 1.96. The van der Waals surface area contributed by atoms with E-state index in [4.69, 9.17) is 4.43 Å². The Morgan fingerprint density at radius 2 is 2.44 bits per heavy atom. The van der Waals surface area contributed by atoms with Gasteiger partial charge in [0.1, 0.15) is 12.4 Å². The molecule has 1 heterocycles. The fraction of sp³-hybridized carbons (Fsp3) is 0.400. The highest BCUT2D eigenvalue weighted by Crippen LogP contribution is 1.73. The van der Waals surface area contributed by atoms with E-state index in [1.54, 1.807) is 7.11 Å². The first kappa shape index (κ1) is 6.51. The average molecular weight is 143 g/mol. The summed E-state index contributed by atoms with van der Waals surface area (Å²) in [5, 5.41) is 0. The number of nitrogens with zero attached hydrogens (tertiary/aromatic N) is 2. The van der Waals surface area contributed by atoms with Crippen LogP contribution in [0, 0.1) is 0 Å². The second kappa shape index (κ2) is 2.79. The van der Waals surface area contributed by atoms with Crippen LogP contribution in [-0.4, -0.2) is 21.6 Å². The van der Waals surface area contributed by atoms with E-state index in [1.165, 1.54) is 0 Å². The Morgan fingerprint density at radius 1 is 1.67 bits per heavy atom. The highest BCUT2D eigenvalue weighted by molar-refractivity contribution is 6.14. The van der Waals surface area contributed by atoms with E-state index in [0.29, 0.717) is 0 Å². The molecule has 1 aromatic rings. The maximum Gasteiger partial charge on any atom is 0.381 e. The number of aryl methyl sites for hydroxylation is 1. The normalized spacial score (nSPS) is 11.3. The van der Waals surface area contributed by atoms with E-state index >= 15 is 0 Å². The Balaban J connectivity index is 2.61. The first-order chi connectivity index (χ1) is 4.33.